The summed E-state index contributed by atoms with van der Waals surface area (Å²) in [6.45, 7) is 9.79. The maximum absolute atomic E-state index is 5.92. The molecule has 5 heteroatoms. The molecule has 1 aromatic heterocycles. The van der Waals surface area contributed by atoms with Gasteiger partial charge < -0.3 is 10.1 Å². The molecule has 1 aliphatic carbocycles. The number of aromatic nitrogens is 2. The molecule has 20 heavy (non-hydrogen) atoms. The zero-order valence-corrected chi connectivity index (χ0v) is 14.4. The Labute approximate surface area is 129 Å². The van der Waals surface area contributed by atoms with E-state index in [0.29, 0.717) is 12.5 Å². The summed E-state index contributed by atoms with van der Waals surface area (Å²) in [4.78, 5) is 9.52. The Bertz CT molecular complexity index is 476. The molecule has 0 bridgehead atoms. The molecule has 1 aromatic rings. The van der Waals surface area contributed by atoms with Crippen LogP contribution in [0.5, 0.6) is 0 Å². The van der Waals surface area contributed by atoms with Gasteiger partial charge in [0, 0.05) is 19.1 Å². The third-order valence-corrected chi connectivity index (χ3v) is 4.58. The minimum Gasteiger partial charge on any atom is -0.369 e. The highest BCUT2D eigenvalue weighted by molar-refractivity contribution is 9.10. The largest absolute Gasteiger partial charge is 0.369 e. The average Bonchev–Trinajstić information content (AvgIpc) is 3.25. The Morgan fingerprint density at radius 3 is 2.50 bits per heavy atom. The van der Waals surface area contributed by atoms with E-state index in [4.69, 9.17) is 14.7 Å². The van der Waals surface area contributed by atoms with Crippen molar-refractivity contribution in [1.82, 2.24) is 9.97 Å². The summed E-state index contributed by atoms with van der Waals surface area (Å²) in [6.07, 6.45) is 3.30. The van der Waals surface area contributed by atoms with Crippen LogP contribution in [0.1, 0.15) is 64.4 Å². The minimum absolute atomic E-state index is 0.413. The summed E-state index contributed by atoms with van der Waals surface area (Å²) in [5.74, 6) is 2.26. The Kier molecular flexibility index (Phi) is 5.02. The van der Waals surface area contributed by atoms with Crippen LogP contribution in [-0.2, 0) is 10.3 Å². The van der Waals surface area contributed by atoms with Gasteiger partial charge in [0.2, 0.25) is 0 Å². The fourth-order valence-electron chi connectivity index (χ4n) is 2.26. The zero-order valence-electron chi connectivity index (χ0n) is 12.8. The van der Waals surface area contributed by atoms with Crippen molar-refractivity contribution >= 4 is 21.7 Å². The molecule has 1 heterocycles. The van der Waals surface area contributed by atoms with E-state index < -0.39 is 5.60 Å². The standard InChI is InChI=1S/C15H24BrN3O/c1-5-15(4,20-7-3)14-18-12(10-8-9-10)11(16)13(19-14)17-6-2/h10H,5-9H2,1-4H3,(H,17,18,19). The second-order valence-corrected chi connectivity index (χ2v) is 6.21. The number of ether oxygens (including phenoxy) is 1. The van der Waals surface area contributed by atoms with Crippen LogP contribution in [0, 0.1) is 0 Å². The van der Waals surface area contributed by atoms with Gasteiger partial charge in [-0.1, -0.05) is 6.92 Å². The van der Waals surface area contributed by atoms with Crippen molar-refractivity contribution in [3.8, 4) is 0 Å². The smallest absolute Gasteiger partial charge is 0.162 e. The highest BCUT2D eigenvalue weighted by Gasteiger charge is 2.34. The second-order valence-electron chi connectivity index (χ2n) is 5.42. The topological polar surface area (TPSA) is 47.0 Å². The van der Waals surface area contributed by atoms with Gasteiger partial charge in [0.05, 0.1) is 10.2 Å². The average molecular weight is 342 g/mol. The molecule has 4 nitrogen and oxygen atoms in total. The van der Waals surface area contributed by atoms with Gasteiger partial charge >= 0.3 is 0 Å². The summed E-state index contributed by atoms with van der Waals surface area (Å²) in [5, 5.41) is 3.32. The molecule has 0 aromatic carbocycles. The number of hydrogen-bond donors (Lipinski definition) is 1. The maximum Gasteiger partial charge on any atom is 0.162 e. The van der Waals surface area contributed by atoms with Crippen LogP contribution in [0.15, 0.2) is 4.47 Å². The van der Waals surface area contributed by atoms with Gasteiger partial charge in [-0.2, -0.15) is 0 Å². The summed E-state index contributed by atoms with van der Waals surface area (Å²) in [5.41, 5.74) is 0.717. The SMILES string of the molecule is CCNc1nc(C(C)(CC)OCC)nc(C2CC2)c1Br. The molecule has 112 valence electrons. The Morgan fingerprint density at radius 2 is 2.00 bits per heavy atom. The normalized spacial score (nSPS) is 17.9. The highest BCUT2D eigenvalue weighted by Crippen LogP contribution is 2.44. The van der Waals surface area contributed by atoms with E-state index in [-0.39, 0.29) is 0 Å². The number of nitrogens with zero attached hydrogens (tertiary/aromatic N) is 2. The third-order valence-electron chi connectivity index (χ3n) is 3.80. The molecular formula is C15H24BrN3O. The summed E-state index contributed by atoms with van der Waals surface area (Å²) in [6, 6.07) is 0. The molecule has 1 fully saturated rings. The van der Waals surface area contributed by atoms with Crippen LogP contribution in [0.3, 0.4) is 0 Å². The first-order chi connectivity index (χ1) is 9.55. The van der Waals surface area contributed by atoms with Gasteiger partial charge in [0.25, 0.3) is 0 Å². The molecule has 1 N–H and O–H groups in total. The van der Waals surface area contributed by atoms with E-state index in [9.17, 15) is 0 Å². The molecule has 1 saturated carbocycles. The lowest BCUT2D eigenvalue weighted by molar-refractivity contribution is -0.0391. The third kappa shape index (κ3) is 3.14. The molecule has 0 spiro atoms. The second kappa shape index (κ2) is 6.39. The Morgan fingerprint density at radius 1 is 1.30 bits per heavy atom. The lowest BCUT2D eigenvalue weighted by Gasteiger charge is -2.27. The first kappa shape index (κ1) is 15.7. The van der Waals surface area contributed by atoms with Crippen LogP contribution in [0.4, 0.5) is 5.82 Å². The predicted molar refractivity (Wildman–Crippen MR) is 85.1 cm³/mol. The van der Waals surface area contributed by atoms with Gasteiger partial charge in [-0.15, -0.1) is 0 Å². The molecule has 0 saturated heterocycles. The number of nitrogens with one attached hydrogen (secondary N) is 1. The fraction of sp³-hybridized carbons (Fsp3) is 0.733. The molecule has 0 radical (unpaired) electrons. The Balaban J connectivity index is 2.46. The number of anilines is 1. The molecule has 0 amide bonds. The van der Waals surface area contributed by atoms with Gasteiger partial charge in [-0.05, 0) is 56.0 Å². The number of rotatable bonds is 7. The first-order valence-electron chi connectivity index (χ1n) is 7.51. The monoisotopic (exact) mass is 341 g/mol. The number of hydrogen-bond acceptors (Lipinski definition) is 4. The quantitative estimate of drug-likeness (QED) is 0.806. The molecule has 0 aliphatic heterocycles. The van der Waals surface area contributed by atoms with E-state index in [1.54, 1.807) is 0 Å². The maximum atomic E-state index is 5.92. The van der Waals surface area contributed by atoms with Crippen LogP contribution >= 0.6 is 15.9 Å². The Hall–Kier alpha value is -0.680. The molecular weight excluding hydrogens is 318 g/mol. The lowest BCUT2D eigenvalue weighted by Crippen LogP contribution is -2.29. The summed E-state index contributed by atoms with van der Waals surface area (Å²) in [7, 11) is 0. The summed E-state index contributed by atoms with van der Waals surface area (Å²) < 4.78 is 6.94. The van der Waals surface area contributed by atoms with Gasteiger partial charge in [0.15, 0.2) is 5.82 Å². The van der Waals surface area contributed by atoms with Crippen LogP contribution < -0.4 is 5.32 Å². The van der Waals surface area contributed by atoms with Crippen molar-refractivity contribution in [2.45, 2.75) is 58.5 Å². The fourth-order valence-corrected chi connectivity index (χ4v) is 2.90. The van der Waals surface area contributed by atoms with Crippen molar-refractivity contribution < 1.29 is 4.74 Å². The zero-order chi connectivity index (χ0) is 14.8. The van der Waals surface area contributed by atoms with Crippen molar-refractivity contribution in [3.63, 3.8) is 0 Å². The van der Waals surface area contributed by atoms with Crippen LogP contribution in [0.2, 0.25) is 0 Å². The van der Waals surface area contributed by atoms with Crippen molar-refractivity contribution in [2.75, 3.05) is 18.5 Å². The van der Waals surface area contributed by atoms with Crippen molar-refractivity contribution in [2.24, 2.45) is 0 Å². The number of halogens is 1. The van der Waals surface area contributed by atoms with Crippen LogP contribution in [0.25, 0.3) is 0 Å². The van der Waals surface area contributed by atoms with E-state index in [1.165, 1.54) is 12.8 Å². The van der Waals surface area contributed by atoms with Gasteiger partial charge in [-0.3, -0.25) is 0 Å². The van der Waals surface area contributed by atoms with E-state index in [1.807, 2.05) is 6.92 Å². The molecule has 2 rings (SSSR count). The van der Waals surface area contributed by atoms with Gasteiger partial charge in [0.1, 0.15) is 11.4 Å². The van der Waals surface area contributed by atoms with E-state index >= 15 is 0 Å². The minimum atomic E-state index is -0.413. The van der Waals surface area contributed by atoms with Gasteiger partial charge in [-0.25, -0.2) is 9.97 Å². The lowest BCUT2D eigenvalue weighted by atomic mass is 10.0. The summed E-state index contributed by atoms with van der Waals surface area (Å²) >= 11 is 3.66. The first-order valence-corrected chi connectivity index (χ1v) is 8.30. The highest BCUT2D eigenvalue weighted by atomic mass is 79.9. The van der Waals surface area contributed by atoms with E-state index in [0.717, 1.165) is 34.8 Å². The van der Waals surface area contributed by atoms with Crippen molar-refractivity contribution in [3.05, 3.63) is 16.0 Å². The molecule has 1 atom stereocenters. The molecule has 1 aliphatic rings. The predicted octanol–water partition coefficient (Wildman–Crippen LogP) is 4.21. The van der Waals surface area contributed by atoms with Crippen LogP contribution in [-0.4, -0.2) is 23.1 Å². The van der Waals surface area contributed by atoms with E-state index in [2.05, 4.69) is 42.0 Å². The van der Waals surface area contributed by atoms with Crippen molar-refractivity contribution in [1.29, 1.82) is 0 Å². The molecule has 1 unspecified atom stereocenters.